The van der Waals surface area contributed by atoms with Crippen LogP contribution in [0.2, 0.25) is 0 Å². The van der Waals surface area contributed by atoms with Gasteiger partial charge in [0.25, 0.3) is 0 Å². The van der Waals surface area contributed by atoms with Crippen molar-refractivity contribution in [1.29, 1.82) is 0 Å². The van der Waals surface area contributed by atoms with Crippen molar-refractivity contribution >= 4 is 18.6 Å². The Bertz CT molecular complexity index is 390. The minimum atomic E-state index is -2.24. The summed E-state index contributed by atoms with van der Waals surface area (Å²) in [4.78, 5) is 11.5. The molecule has 0 aliphatic heterocycles. The number of thiol groups is 1. The van der Waals surface area contributed by atoms with Crippen molar-refractivity contribution in [3.63, 3.8) is 0 Å². The Morgan fingerprint density at radius 2 is 2.00 bits per heavy atom. The van der Waals surface area contributed by atoms with E-state index in [1.54, 1.807) is 0 Å². The van der Waals surface area contributed by atoms with Crippen molar-refractivity contribution < 1.29 is 19.0 Å². The second-order valence-corrected chi connectivity index (χ2v) is 8.05. The molecule has 5 heteroatoms. The zero-order valence-electron chi connectivity index (χ0n) is 11.2. The van der Waals surface area contributed by atoms with Gasteiger partial charge in [-0.25, -0.2) is 9.18 Å². The predicted octanol–water partition coefficient (Wildman–Crippen LogP) is 2.48. The van der Waals surface area contributed by atoms with Gasteiger partial charge in [0.2, 0.25) is 5.00 Å². The van der Waals surface area contributed by atoms with Crippen LogP contribution in [0.4, 0.5) is 4.39 Å². The van der Waals surface area contributed by atoms with Crippen LogP contribution in [0.3, 0.4) is 0 Å². The van der Waals surface area contributed by atoms with Crippen LogP contribution < -0.4 is 0 Å². The average molecular weight is 288 g/mol. The summed E-state index contributed by atoms with van der Waals surface area (Å²) in [5.74, 6) is 0.161. The van der Waals surface area contributed by atoms with E-state index in [4.69, 9.17) is 4.74 Å². The molecular formula is C14H21FO3S. The van der Waals surface area contributed by atoms with Crippen molar-refractivity contribution in [2.24, 2.45) is 17.3 Å². The van der Waals surface area contributed by atoms with Gasteiger partial charge < -0.3 is 9.84 Å². The Morgan fingerprint density at radius 3 is 2.47 bits per heavy atom. The number of carbonyl (C=O) groups is 1. The molecule has 4 bridgehead atoms. The first-order chi connectivity index (χ1) is 8.70. The first kappa shape index (κ1) is 13.7. The van der Waals surface area contributed by atoms with Crippen LogP contribution in [0.25, 0.3) is 0 Å². The summed E-state index contributed by atoms with van der Waals surface area (Å²) in [5.41, 5.74) is -0.704. The van der Waals surface area contributed by atoms with E-state index in [-0.39, 0.29) is 12.0 Å². The number of halogens is 1. The molecule has 1 N–H and O–H groups in total. The van der Waals surface area contributed by atoms with Crippen LogP contribution in [0.1, 0.15) is 45.4 Å². The Kier molecular flexibility index (Phi) is 2.96. The molecule has 3 nitrogen and oxygen atoms in total. The first-order valence-corrected chi connectivity index (χ1v) is 7.45. The Hall–Kier alpha value is -0.290. The molecule has 3 unspecified atom stereocenters. The first-order valence-electron chi connectivity index (χ1n) is 7.01. The molecule has 0 radical (unpaired) electrons. The second kappa shape index (κ2) is 4.10. The lowest BCUT2D eigenvalue weighted by Gasteiger charge is -2.59. The maximum absolute atomic E-state index is 13.4. The van der Waals surface area contributed by atoms with Crippen LogP contribution in [0.15, 0.2) is 0 Å². The number of carbonyl (C=O) groups excluding carboxylic acids is 1. The fraction of sp³-hybridized carbons (Fsp3) is 0.929. The zero-order valence-corrected chi connectivity index (χ0v) is 12.1. The molecule has 4 fully saturated rings. The van der Waals surface area contributed by atoms with Crippen LogP contribution in [0, 0.1) is 17.3 Å². The summed E-state index contributed by atoms with van der Waals surface area (Å²) >= 11 is 3.59. The normalized spacial score (nSPS) is 46.9. The van der Waals surface area contributed by atoms with E-state index < -0.39 is 16.6 Å². The van der Waals surface area contributed by atoms with Crippen molar-refractivity contribution in [2.45, 2.75) is 56.1 Å². The minimum Gasteiger partial charge on any atom is -0.462 e. The smallest absolute Gasteiger partial charge is 0.354 e. The van der Waals surface area contributed by atoms with Crippen molar-refractivity contribution in [3.05, 3.63) is 0 Å². The van der Waals surface area contributed by atoms with Gasteiger partial charge in [-0.05, 0) is 57.3 Å². The van der Waals surface area contributed by atoms with E-state index in [0.29, 0.717) is 18.3 Å². The van der Waals surface area contributed by atoms with E-state index in [1.807, 2.05) is 0 Å². The van der Waals surface area contributed by atoms with E-state index in [0.717, 1.165) is 32.6 Å². The molecule has 0 aromatic carbocycles. The average Bonchev–Trinajstić information content (AvgIpc) is 2.21. The van der Waals surface area contributed by atoms with E-state index >= 15 is 0 Å². The summed E-state index contributed by atoms with van der Waals surface area (Å²) in [7, 11) is 0. The third-order valence-corrected chi connectivity index (χ3v) is 5.22. The molecule has 0 heterocycles. The molecule has 0 aromatic heterocycles. The molecule has 4 aliphatic rings. The van der Waals surface area contributed by atoms with Gasteiger partial charge in [-0.2, -0.15) is 0 Å². The molecular weight excluding hydrogens is 267 g/mol. The predicted molar refractivity (Wildman–Crippen MR) is 71.5 cm³/mol. The molecule has 4 rings (SSSR count). The fourth-order valence-electron chi connectivity index (χ4n) is 4.92. The van der Waals surface area contributed by atoms with Gasteiger partial charge in [-0.15, -0.1) is 12.6 Å². The van der Waals surface area contributed by atoms with E-state index in [9.17, 15) is 14.3 Å². The van der Waals surface area contributed by atoms with Gasteiger partial charge in [0.05, 0.1) is 12.2 Å². The van der Waals surface area contributed by atoms with Crippen LogP contribution >= 0.6 is 12.6 Å². The zero-order chi connectivity index (χ0) is 13.9. The highest BCUT2D eigenvalue weighted by atomic mass is 32.1. The number of ether oxygens (including phenoxy) is 1. The summed E-state index contributed by atoms with van der Waals surface area (Å²) in [6, 6.07) is 0. The van der Waals surface area contributed by atoms with Gasteiger partial charge in [-0.3, -0.25) is 0 Å². The van der Waals surface area contributed by atoms with Crippen LogP contribution in [-0.4, -0.2) is 28.3 Å². The SMILES string of the molecule is CC(F)(S)C(=O)OCC12CC3CC(CC(O)(C3)C1)C2. The molecule has 4 saturated carbocycles. The number of esters is 1. The number of rotatable bonds is 3. The maximum Gasteiger partial charge on any atom is 0.354 e. The highest BCUT2D eigenvalue weighted by molar-refractivity contribution is 7.82. The maximum atomic E-state index is 13.4. The van der Waals surface area contributed by atoms with Gasteiger partial charge in [-0.1, -0.05) is 0 Å². The van der Waals surface area contributed by atoms with Crippen molar-refractivity contribution in [1.82, 2.24) is 0 Å². The van der Waals surface area contributed by atoms with Crippen molar-refractivity contribution in [2.75, 3.05) is 6.61 Å². The lowest BCUT2D eigenvalue weighted by Crippen LogP contribution is -2.57. The molecule has 0 amide bonds. The second-order valence-electron chi connectivity index (χ2n) is 7.21. The highest BCUT2D eigenvalue weighted by Crippen LogP contribution is 2.61. The minimum absolute atomic E-state index is 0.131. The molecule has 19 heavy (non-hydrogen) atoms. The lowest BCUT2D eigenvalue weighted by molar-refractivity contribution is -0.189. The Balaban J connectivity index is 1.69. The van der Waals surface area contributed by atoms with Gasteiger partial charge >= 0.3 is 5.97 Å². The summed E-state index contributed by atoms with van der Waals surface area (Å²) in [6.07, 6.45) is 5.63. The quantitative estimate of drug-likeness (QED) is 0.619. The molecule has 0 aromatic rings. The number of alkyl halides is 1. The summed E-state index contributed by atoms with van der Waals surface area (Å²) < 4.78 is 18.5. The lowest BCUT2D eigenvalue weighted by atomic mass is 9.48. The number of hydrogen-bond acceptors (Lipinski definition) is 4. The third-order valence-electron chi connectivity index (χ3n) is 5.03. The number of aliphatic hydroxyl groups is 1. The third kappa shape index (κ3) is 2.51. The molecule has 3 atom stereocenters. The summed E-state index contributed by atoms with van der Waals surface area (Å²) in [5, 5.41) is 8.33. The Labute approximate surface area is 118 Å². The van der Waals surface area contributed by atoms with Gasteiger partial charge in [0.15, 0.2) is 0 Å². The van der Waals surface area contributed by atoms with E-state index in [2.05, 4.69) is 12.6 Å². The largest absolute Gasteiger partial charge is 0.462 e. The molecule has 0 saturated heterocycles. The topological polar surface area (TPSA) is 46.5 Å². The summed E-state index contributed by atoms with van der Waals surface area (Å²) in [6.45, 7) is 1.31. The van der Waals surface area contributed by atoms with Crippen LogP contribution in [-0.2, 0) is 9.53 Å². The van der Waals surface area contributed by atoms with Crippen molar-refractivity contribution in [3.8, 4) is 0 Å². The highest BCUT2D eigenvalue weighted by Gasteiger charge is 2.57. The Morgan fingerprint density at radius 1 is 1.42 bits per heavy atom. The molecule has 0 spiro atoms. The van der Waals surface area contributed by atoms with Gasteiger partial charge in [0, 0.05) is 5.41 Å². The molecule has 4 aliphatic carbocycles. The van der Waals surface area contributed by atoms with Gasteiger partial charge in [0.1, 0.15) is 0 Å². The van der Waals surface area contributed by atoms with E-state index in [1.165, 1.54) is 6.42 Å². The monoisotopic (exact) mass is 288 g/mol. The number of hydrogen-bond donors (Lipinski definition) is 2. The fourth-order valence-corrected chi connectivity index (χ4v) is 4.99. The molecule has 108 valence electrons. The van der Waals surface area contributed by atoms with Crippen LogP contribution in [0.5, 0.6) is 0 Å². The standard InChI is InChI=1S/C14H21FO3S/c1-12(15,19)11(16)18-8-13-3-9-2-10(4-13)6-14(17,5-9)7-13/h9-10,17,19H,2-8H2,1H3.